The Hall–Kier alpha value is -0.480. The Balaban J connectivity index is 1.89. The Kier molecular flexibility index (Phi) is 4.09. The highest BCUT2D eigenvalue weighted by atomic mass is 32.2. The van der Waals surface area contributed by atoms with Crippen LogP contribution < -0.4 is 5.32 Å². The number of nitrogens with one attached hydrogen (secondary N) is 1. The number of hydrogen-bond acceptors (Lipinski definition) is 4. The lowest BCUT2D eigenvalue weighted by atomic mass is 10.2. The molecule has 4 heteroatoms. The van der Waals surface area contributed by atoms with Crippen LogP contribution in [0.4, 0.5) is 0 Å². The van der Waals surface area contributed by atoms with Crippen molar-refractivity contribution in [3.05, 3.63) is 21.9 Å². The summed E-state index contributed by atoms with van der Waals surface area (Å²) in [6, 6.07) is 2.22. The highest BCUT2D eigenvalue weighted by Gasteiger charge is 2.07. The topological polar surface area (TPSA) is 24.4 Å². The monoisotopic (exact) mass is 240 g/mol. The maximum absolute atomic E-state index is 4.46. The van der Waals surface area contributed by atoms with Gasteiger partial charge in [-0.05, 0) is 29.9 Å². The van der Waals surface area contributed by atoms with E-state index < -0.39 is 0 Å². The summed E-state index contributed by atoms with van der Waals surface area (Å²) in [5, 5.41) is 6.72. The molecule has 1 aliphatic rings. The first kappa shape index (κ1) is 11.0. The van der Waals surface area contributed by atoms with Gasteiger partial charge in [0.2, 0.25) is 0 Å². The fourth-order valence-electron chi connectivity index (χ4n) is 1.56. The number of thioether (sulfide) groups is 1. The van der Waals surface area contributed by atoms with E-state index >= 15 is 0 Å². The summed E-state index contributed by atoms with van der Waals surface area (Å²) in [7, 11) is 0. The molecule has 15 heavy (non-hydrogen) atoms. The first-order valence-electron chi connectivity index (χ1n) is 5.36. The van der Waals surface area contributed by atoms with Gasteiger partial charge in [-0.25, -0.2) is 0 Å². The highest BCUT2D eigenvalue weighted by Crippen LogP contribution is 2.18. The number of aryl methyl sites for hydroxylation is 1. The van der Waals surface area contributed by atoms with Crippen molar-refractivity contribution in [2.24, 2.45) is 4.99 Å². The third-order valence-corrected chi connectivity index (χ3v) is 4.42. The Morgan fingerprint density at radius 2 is 2.47 bits per heavy atom. The van der Waals surface area contributed by atoms with E-state index in [2.05, 4.69) is 28.7 Å². The van der Waals surface area contributed by atoms with Gasteiger partial charge in [0.15, 0.2) is 5.17 Å². The fourth-order valence-corrected chi connectivity index (χ4v) is 3.30. The second-order valence-electron chi connectivity index (χ2n) is 3.47. The second kappa shape index (κ2) is 5.56. The van der Waals surface area contributed by atoms with Crippen LogP contribution in [-0.4, -0.2) is 17.5 Å². The minimum absolute atomic E-state index is 0.937. The van der Waals surface area contributed by atoms with E-state index in [0.717, 1.165) is 24.7 Å². The van der Waals surface area contributed by atoms with Crippen LogP contribution in [-0.2, 0) is 13.0 Å². The average Bonchev–Trinajstić information content (AvgIpc) is 2.75. The summed E-state index contributed by atoms with van der Waals surface area (Å²) in [6.45, 7) is 4.13. The minimum Gasteiger partial charge on any atom is -0.360 e. The van der Waals surface area contributed by atoms with Gasteiger partial charge in [0.1, 0.15) is 0 Å². The second-order valence-corrected chi connectivity index (χ2v) is 5.55. The predicted octanol–water partition coefficient (Wildman–Crippen LogP) is 2.89. The van der Waals surface area contributed by atoms with Crippen LogP contribution in [0, 0.1) is 0 Å². The van der Waals surface area contributed by atoms with Crippen molar-refractivity contribution in [1.82, 2.24) is 5.32 Å². The molecule has 1 aliphatic heterocycles. The van der Waals surface area contributed by atoms with Gasteiger partial charge in [0, 0.05) is 17.2 Å². The van der Waals surface area contributed by atoms with Gasteiger partial charge in [-0.3, -0.25) is 4.99 Å². The predicted molar refractivity (Wildman–Crippen MR) is 69.9 cm³/mol. The molecule has 0 fully saturated rings. The zero-order valence-electron chi connectivity index (χ0n) is 8.95. The van der Waals surface area contributed by atoms with E-state index in [1.807, 2.05) is 23.1 Å². The Bertz CT molecular complexity index is 344. The number of hydrogen-bond donors (Lipinski definition) is 1. The van der Waals surface area contributed by atoms with E-state index in [9.17, 15) is 0 Å². The van der Waals surface area contributed by atoms with Crippen LogP contribution in [0.2, 0.25) is 0 Å². The quantitative estimate of drug-likeness (QED) is 0.878. The molecule has 1 N–H and O–H groups in total. The zero-order valence-corrected chi connectivity index (χ0v) is 10.6. The van der Waals surface area contributed by atoms with Crippen molar-refractivity contribution in [3.63, 3.8) is 0 Å². The molecule has 0 atom stereocenters. The molecule has 2 nitrogen and oxygen atoms in total. The van der Waals surface area contributed by atoms with Crippen LogP contribution >= 0.6 is 23.1 Å². The molecule has 0 aromatic carbocycles. The first-order valence-corrected chi connectivity index (χ1v) is 7.23. The van der Waals surface area contributed by atoms with Gasteiger partial charge in [-0.15, -0.1) is 11.3 Å². The average molecular weight is 240 g/mol. The molecule has 0 saturated carbocycles. The van der Waals surface area contributed by atoms with E-state index in [-0.39, 0.29) is 0 Å². The van der Waals surface area contributed by atoms with Crippen molar-refractivity contribution >= 4 is 28.3 Å². The number of amidine groups is 1. The van der Waals surface area contributed by atoms with Gasteiger partial charge >= 0.3 is 0 Å². The Morgan fingerprint density at radius 3 is 3.20 bits per heavy atom. The Labute approximate surface area is 99.2 Å². The van der Waals surface area contributed by atoms with Crippen LogP contribution in [0.25, 0.3) is 0 Å². The van der Waals surface area contributed by atoms with Crippen LogP contribution in [0.5, 0.6) is 0 Å². The lowest BCUT2D eigenvalue weighted by molar-refractivity contribution is 0.881. The number of nitrogens with zero attached hydrogens (tertiary/aromatic N) is 1. The third-order valence-electron chi connectivity index (χ3n) is 2.42. The standard InChI is InChI=1S/C11H16N2S2/c1-2-9-4-7-14-10(9)8-13-11-12-5-3-6-15-11/h4,7H,2-3,5-6,8H2,1H3,(H,12,13). The molecule has 0 bridgehead atoms. The third kappa shape index (κ3) is 2.98. The van der Waals surface area contributed by atoms with Crippen molar-refractivity contribution in [2.75, 3.05) is 12.3 Å². The van der Waals surface area contributed by atoms with Crippen LogP contribution in [0.3, 0.4) is 0 Å². The van der Waals surface area contributed by atoms with Gasteiger partial charge in [0.25, 0.3) is 0 Å². The lowest BCUT2D eigenvalue weighted by Gasteiger charge is -2.13. The summed E-state index contributed by atoms with van der Waals surface area (Å²) in [4.78, 5) is 5.91. The Morgan fingerprint density at radius 1 is 1.53 bits per heavy atom. The highest BCUT2D eigenvalue weighted by molar-refractivity contribution is 8.13. The first-order chi connectivity index (χ1) is 7.40. The summed E-state index contributed by atoms with van der Waals surface area (Å²) in [5.41, 5.74) is 1.47. The normalized spacial score (nSPS) is 16.2. The van der Waals surface area contributed by atoms with Crippen molar-refractivity contribution in [2.45, 2.75) is 26.3 Å². The van der Waals surface area contributed by atoms with E-state index in [1.54, 1.807) is 0 Å². The molecule has 1 aromatic rings. The smallest absolute Gasteiger partial charge is 0.156 e. The number of thiophene rings is 1. The molecule has 2 heterocycles. The molecule has 0 amide bonds. The van der Waals surface area contributed by atoms with Gasteiger partial charge < -0.3 is 5.32 Å². The molecule has 0 aliphatic carbocycles. The van der Waals surface area contributed by atoms with Gasteiger partial charge in [0.05, 0.1) is 6.54 Å². The van der Waals surface area contributed by atoms with E-state index in [4.69, 9.17) is 0 Å². The van der Waals surface area contributed by atoms with E-state index in [1.165, 1.54) is 22.6 Å². The van der Waals surface area contributed by atoms with E-state index in [0.29, 0.717) is 0 Å². The molecular formula is C11H16N2S2. The molecule has 2 rings (SSSR count). The molecule has 0 unspecified atom stereocenters. The molecule has 0 saturated heterocycles. The fraction of sp³-hybridized carbons (Fsp3) is 0.545. The lowest BCUT2D eigenvalue weighted by Crippen LogP contribution is -2.22. The van der Waals surface area contributed by atoms with Crippen LogP contribution in [0.1, 0.15) is 23.8 Å². The molecule has 82 valence electrons. The summed E-state index contributed by atoms with van der Waals surface area (Å²) in [6.07, 6.45) is 2.34. The van der Waals surface area contributed by atoms with Crippen molar-refractivity contribution in [3.8, 4) is 0 Å². The van der Waals surface area contributed by atoms with Crippen molar-refractivity contribution < 1.29 is 0 Å². The SMILES string of the molecule is CCc1ccsc1CNC1=NCCCS1. The molecule has 0 radical (unpaired) electrons. The summed E-state index contributed by atoms with van der Waals surface area (Å²) < 4.78 is 0. The van der Waals surface area contributed by atoms with Gasteiger partial charge in [-0.1, -0.05) is 18.7 Å². The van der Waals surface area contributed by atoms with Crippen molar-refractivity contribution in [1.29, 1.82) is 0 Å². The summed E-state index contributed by atoms with van der Waals surface area (Å²) in [5.74, 6) is 1.21. The maximum atomic E-state index is 4.46. The number of aliphatic imine (C=N–C) groups is 1. The number of rotatable bonds is 3. The molecule has 1 aromatic heterocycles. The molecule has 0 spiro atoms. The van der Waals surface area contributed by atoms with Crippen LogP contribution in [0.15, 0.2) is 16.4 Å². The zero-order chi connectivity index (χ0) is 10.5. The maximum Gasteiger partial charge on any atom is 0.156 e. The summed E-state index contributed by atoms with van der Waals surface area (Å²) >= 11 is 3.68. The largest absolute Gasteiger partial charge is 0.360 e. The van der Waals surface area contributed by atoms with Gasteiger partial charge in [-0.2, -0.15) is 0 Å². The molecular weight excluding hydrogens is 224 g/mol. The minimum atomic E-state index is 0.937.